The fourth-order valence-corrected chi connectivity index (χ4v) is 3.37. The van der Waals surface area contributed by atoms with E-state index in [0.29, 0.717) is 10.9 Å². The Balaban J connectivity index is 2.04. The Morgan fingerprint density at radius 2 is 1.90 bits per heavy atom. The summed E-state index contributed by atoms with van der Waals surface area (Å²) in [5.41, 5.74) is 1.35. The van der Waals surface area contributed by atoms with Crippen molar-refractivity contribution in [2.75, 3.05) is 14.2 Å². The molecule has 30 heavy (non-hydrogen) atoms. The SMILES string of the molecule is COC(=O)CCC(C(=O)O)N(C)C(=O)c1cc2c([nH]c3ccccc32)c(C(C)=O)n1. The van der Waals surface area contributed by atoms with E-state index in [-0.39, 0.29) is 30.0 Å². The minimum atomic E-state index is -1.25. The van der Waals surface area contributed by atoms with Crippen molar-refractivity contribution in [1.82, 2.24) is 14.9 Å². The first-order chi connectivity index (χ1) is 14.2. The number of hydrogen-bond donors (Lipinski definition) is 2. The average molecular weight is 411 g/mol. The predicted molar refractivity (Wildman–Crippen MR) is 108 cm³/mol. The summed E-state index contributed by atoms with van der Waals surface area (Å²) in [5.74, 6) is -2.82. The highest BCUT2D eigenvalue weighted by Crippen LogP contribution is 2.28. The molecule has 0 bridgehead atoms. The Labute approximate surface area is 171 Å². The van der Waals surface area contributed by atoms with Crippen LogP contribution in [0.25, 0.3) is 21.8 Å². The van der Waals surface area contributed by atoms with Crippen LogP contribution in [0.1, 0.15) is 40.7 Å². The minimum Gasteiger partial charge on any atom is -0.480 e. The summed E-state index contributed by atoms with van der Waals surface area (Å²) in [5, 5.41) is 11.0. The molecule has 1 atom stereocenters. The van der Waals surface area contributed by atoms with E-state index in [1.165, 1.54) is 21.1 Å². The number of pyridine rings is 1. The molecule has 3 rings (SSSR count). The van der Waals surface area contributed by atoms with E-state index < -0.39 is 23.9 Å². The van der Waals surface area contributed by atoms with Crippen LogP contribution in [0.15, 0.2) is 30.3 Å². The molecule has 9 nitrogen and oxygen atoms in total. The van der Waals surface area contributed by atoms with Crippen molar-refractivity contribution in [1.29, 1.82) is 0 Å². The van der Waals surface area contributed by atoms with Gasteiger partial charge in [-0.15, -0.1) is 0 Å². The second-order valence-electron chi connectivity index (χ2n) is 6.89. The number of carbonyl (C=O) groups is 4. The number of hydrogen-bond acceptors (Lipinski definition) is 6. The highest BCUT2D eigenvalue weighted by Gasteiger charge is 2.29. The molecule has 2 aromatic heterocycles. The lowest BCUT2D eigenvalue weighted by atomic mass is 10.1. The summed E-state index contributed by atoms with van der Waals surface area (Å²) >= 11 is 0. The largest absolute Gasteiger partial charge is 0.480 e. The normalized spacial score (nSPS) is 12.0. The van der Waals surface area contributed by atoms with Gasteiger partial charge in [-0.2, -0.15) is 0 Å². The lowest BCUT2D eigenvalue weighted by Crippen LogP contribution is -2.43. The van der Waals surface area contributed by atoms with Crippen LogP contribution in [-0.2, 0) is 14.3 Å². The number of fused-ring (bicyclic) bond motifs is 3. The number of amides is 1. The third-order valence-corrected chi connectivity index (χ3v) is 4.97. The molecule has 156 valence electrons. The number of para-hydroxylation sites is 1. The van der Waals surface area contributed by atoms with Crippen molar-refractivity contribution < 1.29 is 29.0 Å². The standard InChI is InChI=1S/C21H21N3O6/c1-11(25)18-19-13(12-6-4-5-7-14(12)22-19)10-15(23-18)20(27)24(2)16(21(28)29)8-9-17(26)30-3/h4-7,10,16,22H,8-9H2,1-3H3,(H,28,29). The van der Waals surface area contributed by atoms with Crippen LogP contribution in [0.4, 0.5) is 0 Å². The number of ether oxygens (including phenoxy) is 1. The number of aromatic amines is 1. The molecule has 0 aliphatic carbocycles. The van der Waals surface area contributed by atoms with Gasteiger partial charge in [-0.3, -0.25) is 14.4 Å². The molecule has 2 heterocycles. The number of likely N-dealkylation sites (N-methyl/N-ethyl adjacent to an activating group) is 1. The van der Waals surface area contributed by atoms with Gasteiger partial charge in [0, 0.05) is 36.7 Å². The monoisotopic (exact) mass is 411 g/mol. The van der Waals surface area contributed by atoms with Gasteiger partial charge in [0.05, 0.1) is 12.6 Å². The van der Waals surface area contributed by atoms with E-state index >= 15 is 0 Å². The number of esters is 1. The number of benzene rings is 1. The second kappa shape index (κ2) is 8.32. The Morgan fingerprint density at radius 3 is 2.53 bits per heavy atom. The number of nitrogens with zero attached hydrogens (tertiary/aromatic N) is 2. The topological polar surface area (TPSA) is 130 Å². The number of aliphatic carboxylic acids is 1. The first-order valence-electron chi connectivity index (χ1n) is 9.23. The molecule has 3 aromatic rings. The Kier molecular flexibility index (Phi) is 5.81. The van der Waals surface area contributed by atoms with Gasteiger partial charge >= 0.3 is 11.9 Å². The fraction of sp³-hybridized carbons (Fsp3) is 0.286. The van der Waals surface area contributed by atoms with Crippen molar-refractivity contribution in [2.45, 2.75) is 25.8 Å². The zero-order chi connectivity index (χ0) is 22.0. The van der Waals surface area contributed by atoms with Gasteiger partial charge in [0.15, 0.2) is 5.78 Å². The Morgan fingerprint density at radius 1 is 1.20 bits per heavy atom. The molecular weight excluding hydrogens is 390 g/mol. The van der Waals surface area contributed by atoms with Crippen molar-refractivity contribution in [3.05, 3.63) is 41.7 Å². The maximum absolute atomic E-state index is 13.0. The first kappa shape index (κ1) is 21.0. The zero-order valence-corrected chi connectivity index (χ0v) is 16.8. The summed E-state index contributed by atoms with van der Waals surface area (Å²) in [6.45, 7) is 1.35. The van der Waals surface area contributed by atoms with Gasteiger partial charge in [-0.1, -0.05) is 18.2 Å². The fourth-order valence-electron chi connectivity index (χ4n) is 3.37. The van der Waals surface area contributed by atoms with Gasteiger partial charge in [0.25, 0.3) is 5.91 Å². The lowest BCUT2D eigenvalue weighted by molar-refractivity contribution is -0.144. The first-order valence-corrected chi connectivity index (χ1v) is 9.23. The summed E-state index contributed by atoms with van der Waals surface area (Å²) in [7, 11) is 2.53. The number of carboxylic acids is 1. The Bertz CT molecular complexity index is 1170. The van der Waals surface area contributed by atoms with Crippen LogP contribution < -0.4 is 0 Å². The number of methoxy groups -OCH3 is 1. The molecule has 0 aliphatic rings. The summed E-state index contributed by atoms with van der Waals surface area (Å²) in [6.07, 6.45) is -0.266. The van der Waals surface area contributed by atoms with Crippen molar-refractivity contribution in [3.63, 3.8) is 0 Å². The molecule has 1 amide bonds. The number of nitrogens with one attached hydrogen (secondary N) is 1. The maximum Gasteiger partial charge on any atom is 0.326 e. The molecule has 1 aromatic carbocycles. The molecular formula is C21H21N3O6. The van der Waals surface area contributed by atoms with Crippen molar-refractivity contribution >= 4 is 45.4 Å². The van der Waals surface area contributed by atoms with Gasteiger partial charge in [-0.05, 0) is 18.6 Å². The number of aromatic nitrogens is 2. The average Bonchev–Trinajstić information content (AvgIpc) is 3.10. The maximum atomic E-state index is 13.0. The van der Waals surface area contributed by atoms with E-state index in [4.69, 9.17) is 0 Å². The molecule has 0 saturated heterocycles. The smallest absolute Gasteiger partial charge is 0.326 e. The van der Waals surface area contributed by atoms with Crippen LogP contribution in [0.5, 0.6) is 0 Å². The number of ketones is 1. The van der Waals surface area contributed by atoms with Crippen LogP contribution >= 0.6 is 0 Å². The quantitative estimate of drug-likeness (QED) is 0.451. The number of Topliss-reactive ketones (excluding diaryl/α,β-unsaturated/α-hetero) is 1. The second-order valence-corrected chi connectivity index (χ2v) is 6.89. The van der Waals surface area contributed by atoms with E-state index in [9.17, 15) is 24.3 Å². The van der Waals surface area contributed by atoms with Crippen LogP contribution in [0, 0.1) is 0 Å². The highest BCUT2D eigenvalue weighted by molar-refractivity contribution is 6.15. The number of carboxylic acid groups (broad SMARTS) is 1. The minimum absolute atomic E-state index is 0.0516. The predicted octanol–water partition coefficient (Wildman–Crippen LogP) is 2.40. The number of H-pyrrole nitrogens is 1. The third-order valence-electron chi connectivity index (χ3n) is 4.97. The number of rotatable bonds is 7. The molecule has 0 aliphatic heterocycles. The van der Waals surface area contributed by atoms with E-state index in [2.05, 4.69) is 14.7 Å². The van der Waals surface area contributed by atoms with Crippen LogP contribution in [0.3, 0.4) is 0 Å². The van der Waals surface area contributed by atoms with Crippen LogP contribution in [0.2, 0.25) is 0 Å². The lowest BCUT2D eigenvalue weighted by Gasteiger charge is -2.24. The van der Waals surface area contributed by atoms with E-state index in [0.717, 1.165) is 15.8 Å². The molecule has 0 radical (unpaired) electrons. The molecule has 1 unspecified atom stereocenters. The van der Waals surface area contributed by atoms with Gasteiger partial charge in [-0.25, -0.2) is 9.78 Å². The molecule has 0 fully saturated rings. The molecule has 9 heteroatoms. The molecule has 2 N–H and O–H groups in total. The van der Waals surface area contributed by atoms with Crippen molar-refractivity contribution in [2.24, 2.45) is 0 Å². The molecule has 0 spiro atoms. The molecule has 0 saturated carbocycles. The van der Waals surface area contributed by atoms with Crippen LogP contribution in [-0.4, -0.2) is 63.8 Å². The summed E-state index contributed by atoms with van der Waals surface area (Å²) in [6, 6.07) is 7.67. The van der Waals surface area contributed by atoms with Gasteiger partial charge in [0.1, 0.15) is 17.4 Å². The third kappa shape index (κ3) is 3.86. The highest BCUT2D eigenvalue weighted by atomic mass is 16.5. The van der Waals surface area contributed by atoms with Crippen molar-refractivity contribution in [3.8, 4) is 0 Å². The van der Waals surface area contributed by atoms with E-state index in [1.807, 2.05) is 24.3 Å². The summed E-state index contributed by atoms with van der Waals surface area (Å²) < 4.78 is 4.54. The zero-order valence-electron chi connectivity index (χ0n) is 16.8. The van der Waals surface area contributed by atoms with E-state index in [1.54, 1.807) is 6.07 Å². The Hall–Kier alpha value is -3.75. The van der Waals surface area contributed by atoms with Gasteiger partial charge < -0.3 is 19.7 Å². The van der Waals surface area contributed by atoms with Gasteiger partial charge in [0.2, 0.25) is 0 Å². The number of carbonyl (C=O) groups excluding carboxylic acids is 3. The summed E-state index contributed by atoms with van der Waals surface area (Å²) in [4.78, 5) is 56.7.